The summed E-state index contributed by atoms with van der Waals surface area (Å²) in [4.78, 5) is 27.3. The highest BCUT2D eigenvalue weighted by Crippen LogP contribution is 2.38. The summed E-state index contributed by atoms with van der Waals surface area (Å²) in [6, 6.07) is 8.99. The van der Waals surface area contributed by atoms with Gasteiger partial charge in [-0.25, -0.2) is 15.0 Å². The number of pyridine rings is 1. The second-order valence-corrected chi connectivity index (χ2v) is 7.50. The molecule has 9 nitrogen and oxygen atoms in total. The molecular weight excluding hydrogens is 420 g/mol. The fourth-order valence-corrected chi connectivity index (χ4v) is 3.80. The predicted molar refractivity (Wildman–Crippen MR) is 127 cm³/mol. The molecule has 0 spiro atoms. The number of aldehydes is 1. The smallest absolute Gasteiger partial charge is 0.219 e. The fraction of sp³-hybridized carbons (Fsp3) is 0.250. The first-order valence-corrected chi connectivity index (χ1v) is 10.6. The summed E-state index contributed by atoms with van der Waals surface area (Å²) in [5.41, 5.74) is 9.44. The summed E-state index contributed by atoms with van der Waals surface area (Å²) < 4.78 is 10.7. The summed E-state index contributed by atoms with van der Waals surface area (Å²) >= 11 is 0. The largest absolute Gasteiger partial charge is 0.495 e. The van der Waals surface area contributed by atoms with E-state index in [2.05, 4.69) is 15.3 Å². The highest BCUT2D eigenvalue weighted by molar-refractivity contribution is 5.80. The van der Waals surface area contributed by atoms with Crippen molar-refractivity contribution < 1.29 is 14.3 Å². The van der Waals surface area contributed by atoms with Crippen molar-refractivity contribution in [2.45, 2.75) is 12.5 Å². The summed E-state index contributed by atoms with van der Waals surface area (Å²) in [5.74, 6) is 1.42. The van der Waals surface area contributed by atoms with Crippen LogP contribution in [-0.4, -0.2) is 53.5 Å². The number of carbonyl (C=O) groups excluding carboxylic acids is 1. The number of carbonyl (C=O) groups is 1. The molecule has 0 fully saturated rings. The molecule has 33 heavy (non-hydrogen) atoms. The Hall–Kier alpha value is -3.98. The summed E-state index contributed by atoms with van der Waals surface area (Å²) in [7, 11) is 3.28. The predicted octanol–water partition coefficient (Wildman–Crippen LogP) is 3.44. The first-order chi connectivity index (χ1) is 16.1. The van der Waals surface area contributed by atoms with Gasteiger partial charge in [-0.2, -0.15) is 0 Å². The van der Waals surface area contributed by atoms with Crippen LogP contribution in [0.1, 0.15) is 23.6 Å². The van der Waals surface area contributed by atoms with Crippen LogP contribution in [0.4, 0.5) is 17.5 Å². The maximum Gasteiger partial charge on any atom is 0.219 e. The van der Waals surface area contributed by atoms with E-state index in [4.69, 9.17) is 20.2 Å². The third kappa shape index (κ3) is 4.78. The van der Waals surface area contributed by atoms with E-state index in [0.717, 1.165) is 29.5 Å². The molecule has 170 valence electrons. The molecule has 1 aliphatic rings. The van der Waals surface area contributed by atoms with Crippen molar-refractivity contribution in [3.8, 4) is 17.0 Å². The number of nitrogens with two attached hydrogens (primary N) is 1. The number of nitrogens with one attached hydrogen (secondary N) is 1. The number of rotatable bonds is 9. The average molecular weight is 447 g/mol. The number of hydrogen-bond acceptors (Lipinski definition) is 9. The molecule has 1 aromatic carbocycles. The zero-order chi connectivity index (χ0) is 23.2. The lowest BCUT2D eigenvalue weighted by atomic mass is 9.95. The van der Waals surface area contributed by atoms with Crippen molar-refractivity contribution in [3.63, 3.8) is 0 Å². The molecule has 0 aliphatic carbocycles. The van der Waals surface area contributed by atoms with Gasteiger partial charge in [-0.15, -0.1) is 0 Å². The Labute approximate surface area is 192 Å². The summed E-state index contributed by atoms with van der Waals surface area (Å²) in [5, 5.41) is 3.38. The van der Waals surface area contributed by atoms with Crippen molar-refractivity contribution in [3.05, 3.63) is 60.1 Å². The van der Waals surface area contributed by atoms with Gasteiger partial charge in [0.25, 0.3) is 0 Å². The molecule has 0 saturated heterocycles. The van der Waals surface area contributed by atoms with Crippen molar-refractivity contribution in [2.75, 3.05) is 38.4 Å². The van der Waals surface area contributed by atoms with Crippen molar-refractivity contribution in [2.24, 2.45) is 0 Å². The number of nitrogens with zero attached hydrogens (tertiary/aromatic N) is 4. The number of benzene rings is 1. The zero-order valence-corrected chi connectivity index (χ0v) is 18.6. The first kappa shape index (κ1) is 22.2. The van der Waals surface area contributed by atoms with E-state index in [1.807, 2.05) is 47.5 Å². The standard InChI is InChI=1S/C24H26N6O3/c1-32-11-5-9-30-10-8-16-12-19(17-13-26-24(25)27-14-17)29-23(22(16)20(30)15-31)28-18-6-3-4-7-21(18)33-2/h3-4,6-8,10,12-15,20H,5,9,11H2,1-2H3,(H,28,29)(H2,25,26,27). The number of nitrogen functional groups attached to an aromatic ring is 1. The minimum Gasteiger partial charge on any atom is -0.495 e. The van der Waals surface area contributed by atoms with Crippen LogP contribution >= 0.6 is 0 Å². The van der Waals surface area contributed by atoms with Crippen LogP contribution in [0, 0.1) is 0 Å². The van der Waals surface area contributed by atoms with E-state index in [0.29, 0.717) is 36.0 Å². The van der Waals surface area contributed by atoms with E-state index >= 15 is 0 Å². The monoisotopic (exact) mass is 446 g/mol. The third-order valence-corrected chi connectivity index (χ3v) is 5.41. The van der Waals surface area contributed by atoms with Gasteiger partial charge in [0.2, 0.25) is 5.95 Å². The van der Waals surface area contributed by atoms with Gasteiger partial charge in [0.15, 0.2) is 0 Å². The number of ether oxygens (including phenoxy) is 2. The van der Waals surface area contributed by atoms with Gasteiger partial charge in [0.05, 0.1) is 18.5 Å². The number of para-hydroxylation sites is 2. The lowest BCUT2D eigenvalue weighted by Gasteiger charge is -2.33. The Kier molecular flexibility index (Phi) is 6.80. The van der Waals surface area contributed by atoms with E-state index in [9.17, 15) is 4.79 Å². The minimum absolute atomic E-state index is 0.191. The van der Waals surface area contributed by atoms with Crippen LogP contribution in [-0.2, 0) is 9.53 Å². The van der Waals surface area contributed by atoms with Gasteiger partial charge >= 0.3 is 0 Å². The molecule has 1 aliphatic heterocycles. The molecule has 9 heteroatoms. The van der Waals surface area contributed by atoms with Crippen LogP contribution in [0.3, 0.4) is 0 Å². The van der Waals surface area contributed by atoms with E-state index in [-0.39, 0.29) is 5.95 Å². The number of fused-ring (bicyclic) bond motifs is 1. The van der Waals surface area contributed by atoms with E-state index in [1.165, 1.54) is 0 Å². The molecule has 0 saturated carbocycles. The van der Waals surface area contributed by atoms with Gasteiger partial charge in [0, 0.05) is 50.0 Å². The van der Waals surface area contributed by atoms with Crippen LogP contribution in [0.5, 0.6) is 5.75 Å². The normalized spacial score (nSPS) is 14.6. The zero-order valence-electron chi connectivity index (χ0n) is 18.6. The molecule has 3 heterocycles. The van der Waals surface area contributed by atoms with Crippen LogP contribution in [0.15, 0.2) is 48.9 Å². The second kappa shape index (κ2) is 10.1. The average Bonchev–Trinajstić information content (AvgIpc) is 2.84. The highest BCUT2D eigenvalue weighted by atomic mass is 16.5. The van der Waals surface area contributed by atoms with Crippen LogP contribution < -0.4 is 15.8 Å². The maximum atomic E-state index is 12.3. The van der Waals surface area contributed by atoms with Crippen molar-refractivity contribution >= 4 is 29.8 Å². The molecule has 4 rings (SSSR count). The molecule has 2 aromatic heterocycles. The highest BCUT2D eigenvalue weighted by Gasteiger charge is 2.28. The molecule has 1 unspecified atom stereocenters. The number of methoxy groups -OCH3 is 2. The van der Waals surface area contributed by atoms with Gasteiger partial charge < -0.3 is 30.2 Å². The SMILES string of the molecule is COCCCN1C=Cc2cc(-c3cnc(N)nc3)nc(Nc3ccccc3OC)c2C1C=O. The Morgan fingerprint density at radius 3 is 2.73 bits per heavy atom. The van der Waals surface area contributed by atoms with Crippen LogP contribution in [0.25, 0.3) is 17.3 Å². The van der Waals surface area contributed by atoms with E-state index < -0.39 is 6.04 Å². The molecule has 3 aromatic rings. The third-order valence-electron chi connectivity index (χ3n) is 5.41. The molecule has 3 N–H and O–H groups in total. The molecule has 0 radical (unpaired) electrons. The van der Waals surface area contributed by atoms with E-state index in [1.54, 1.807) is 26.6 Å². The Balaban J connectivity index is 1.81. The first-order valence-electron chi connectivity index (χ1n) is 10.6. The maximum absolute atomic E-state index is 12.3. The second-order valence-electron chi connectivity index (χ2n) is 7.50. The van der Waals surface area contributed by atoms with Crippen molar-refractivity contribution in [1.82, 2.24) is 19.9 Å². The van der Waals surface area contributed by atoms with Gasteiger partial charge in [-0.1, -0.05) is 12.1 Å². The molecule has 0 amide bonds. The number of aromatic nitrogens is 3. The Bertz CT molecular complexity index is 1150. The molecule has 1 atom stereocenters. The summed E-state index contributed by atoms with van der Waals surface area (Å²) in [6.07, 6.45) is 8.92. The fourth-order valence-electron chi connectivity index (χ4n) is 3.80. The molecule has 0 bridgehead atoms. The van der Waals surface area contributed by atoms with Gasteiger partial charge in [0.1, 0.15) is 23.9 Å². The Morgan fingerprint density at radius 1 is 1.21 bits per heavy atom. The minimum atomic E-state index is -0.497. The lowest BCUT2D eigenvalue weighted by molar-refractivity contribution is -0.111. The number of hydrogen-bond donors (Lipinski definition) is 2. The van der Waals surface area contributed by atoms with Gasteiger partial charge in [-0.05, 0) is 36.3 Å². The topological polar surface area (TPSA) is 115 Å². The number of anilines is 3. The van der Waals surface area contributed by atoms with Gasteiger partial charge in [-0.3, -0.25) is 0 Å². The lowest BCUT2D eigenvalue weighted by Crippen LogP contribution is -2.30. The summed E-state index contributed by atoms with van der Waals surface area (Å²) in [6.45, 7) is 1.29. The van der Waals surface area contributed by atoms with Crippen LogP contribution in [0.2, 0.25) is 0 Å². The quantitative estimate of drug-likeness (QED) is 0.377. The molecular formula is C24H26N6O3. The Morgan fingerprint density at radius 2 is 2.00 bits per heavy atom. The van der Waals surface area contributed by atoms with Crippen molar-refractivity contribution in [1.29, 1.82) is 0 Å².